The van der Waals surface area contributed by atoms with E-state index in [4.69, 9.17) is 5.73 Å². The number of fused-ring (bicyclic) bond motifs is 1. The van der Waals surface area contributed by atoms with Crippen LogP contribution >= 0.6 is 27.7 Å². The lowest BCUT2D eigenvalue weighted by Gasteiger charge is -2.08. The third-order valence-corrected chi connectivity index (χ3v) is 4.66. The molecule has 0 aromatic rings. The van der Waals surface area contributed by atoms with E-state index in [1.165, 1.54) is 12.8 Å². The Hall–Kier alpha value is 0.300. The molecular formula is C6H9BrN2S. The third-order valence-electron chi connectivity index (χ3n) is 2.02. The van der Waals surface area contributed by atoms with Gasteiger partial charge in [0.15, 0.2) is 5.17 Å². The van der Waals surface area contributed by atoms with Gasteiger partial charge in [0.25, 0.3) is 0 Å². The molecule has 0 spiro atoms. The highest BCUT2D eigenvalue weighted by Gasteiger charge is 2.39. The number of aliphatic imine (C=N–C) groups is 1. The van der Waals surface area contributed by atoms with Gasteiger partial charge in [-0.05, 0) is 12.8 Å². The molecule has 0 bridgehead atoms. The Kier molecular flexibility index (Phi) is 1.68. The Balaban J connectivity index is 2.14. The summed E-state index contributed by atoms with van der Waals surface area (Å²) in [6.07, 6.45) is 2.45. The van der Waals surface area contributed by atoms with E-state index < -0.39 is 0 Å². The Morgan fingerprint density at radius 2 is 2.40 bits per heavy atom. The zero-order valence-corrected chi connectivity index (χ0v) is 7.86. The zero-order chi connectivity index (χ0) is 7.14. The molecule has 56 valence electrons. The summed E-state index contributed by atoms with van der Waals surface area (Å²) in [6.45, 7) is 0. The molecule has 1 saturated carbocycles. The molecule has 0 aromatic carbocycles. The zero-order valence-electron chi connectivity index (χ0n) is 5.46. The molecule has 0 amide bonds. The summed E-state index contributed by atoms with van der Waals surface area (Å²) < 4.78 is 0. The van der Waals surface area contributed by atoms with E-state index in [-0.39, 0.29) is 0 Å². The van der Waals surface area contributed by atoms with Crippen molar-refractivity contribution in [1.82, 2.24) is 0 Å². The fourth-order valence-electron chi connectivity index (χ4n) is 1.52. The van der Waals surface area contributed by atoms with Crippen molar-refractivity contribution in [3.8, 4) is 0 Å². The minimum Gasteiger partial charge on any atom is -0.379 e. The highest BCUT2D eigenvalue weighted by molar-refractivity contribution is 9.09. The molecule has 4 heteroatoms. The van der Waals surface area contributed by atoms with Gasteiger partial charge in [-0.15, -0.1) is 0 Å². The van der Waals surface area contributed by atoms with Gasteiger partial charge in [-0.1, -0.05) is 27.7 Å². The molecular weight excluding hydrogens is 212 g/mol. The van der Waals surface area contributed by atoms with Gasteiger partial charge >= 0.3 is 0 Å². The molecule has 0 radical (unpaired) electrons. The van der Waals surface area contributed by atoms with Crippen molar-refractivity contribution in [2.24, 2.45) is 10.7 Å². The summed E-state index contributed by atoms with van der Waals surface area (Å²) in [6, 6.07) is 0.509. The molecule has 1 aliphatic carbocycles. The molecule has 0 aromatic heterocycles. The maximum Gasteiger partial charge on any atom is 0.154 e. The highest BCUT2D eigenvalue weighted by Crippen LogP contribution is 2.40. The van der Waals surface area contributed by atoms with Gasteiger partial charge in [0.1, 0.15) is 0 Å². The van der Waals surface area contributed by atoms with Gasteiger partial charge in [0.2, 0.25) is 0 Å². The molecule has 3 unspecified atom stereocenters. The first-order valence-electron chi connectivity index (χ1n) is 3.41. The maximum atomic E-state index is 5.58. The lowest BCUT2D eigenvalue weighted by molar-refractivity contribution is 0.732. The van der Waals surface area contributed by atoms with Gasteiger partial charge in [-0.2, -0.15) is 0 Å². The fourth-order valence-corrected chi connectivity index (χ4v) is 3.58. The number of nitrogens with two attached hydrogens (primary N) is 1. The van der Waals surface area contributed by atoms with Crippen molar-refractivity contribution in [3.05, 3.63) is 0 Å². The Morgan fingerprint density at radius 3 is 3.10 bits per heavy atom. The Labute approximate surface area is 72.8 Å². The van der Waals surface area contributed by atoms with Crippen LogP contribution in [0.15, 0.2) is 4.99 Å². The van der Waals surface area contributed by atoms with Crippen LogP contribution in [0.1, 0.15) is 12.8 Å². The average molecular weight is 221 g/mol. The smallest absolute Gasteiger partial charge is 0.154 e. The van der Waals surface area contributed by atoms with Crippen molar-refractivity contribution in [2.45, 2.75) is 29.0 Å². The molecule has 2 N–H and O–H groups in total. The molecule has 1 fully saturated rings. The first-order valence-corrected chi connectivity index (χ1v) is 5.21. The number of halogens is 1. The van der Waals surface area contributed by atoms with Gasteiger partial charge in [0, 0.05) is 10.1 Å². The van der Waals surface area contributed by atoms with E-state index in [0.717, 1.165) is 5.17 Å². The van der Waals surface area contributed by atoms with Crippen LogP contribution in [0.25, 0.3) is 0 Å². The predicted octanol–water partition coefficient (Wildman–Crippen LogP) is 1.34. The number of alkyl halides is 1. The minimum absolute atomic E-state index is 0.509. The molecule has 0 saturated heterocycles. The van der Waals surface area contributed by atoms with Gasteiger partial charge in [-0.3, -0.25) is 4.99 Å². The molecule has 1 heterocycles. The van der Waals surface area contributed by atoms with Crippen LogP contribution in [0.3, 0.4) is 0 Å². The van der Waals surface area contributed by atoms with E-state index in [1.807, 2.05) is 0 Å². The second-order valence-corrected chi connectivity index (χ2v) is 5.08. The Bertz CT molecular complexity index is 183. The lowest BCUT2D eigenvalue weighted by atomic mass is 10.3. The summed E-state index contributed by atoms with van der Waals surface area (Å²) in [5.41, 5.74) is 5.58. The predicted molar refractivity (Wildman–Crippen MR) is 48.7 cm³/mol. The number of rotatable bonds is 0. The number of amidine groups is 1. The second-order valence-electron chi connectivity index (χ2n) is 2.71. The van der Waals surface area contributed by atoms with Crippen molar-refractivity contribution in [1.29, 1.82) is 0 Å². The number of nitrogens with zero attached hydrogens (tertiary/aromatic N) is 1. The monoisotopic (exact) mass is 220 g/mol. The SMILES string of the molecule is NC1=NC2CCC(Br)C2S1. The normalized spacial score (nSPS) is 45.3. The second kappa shape index (κ2) is 2.41. The number of thioether (sulfide) groups is 1. The summed E-state index contributed by atoms with van der Waals surface area (Å²) in [7, 11) is 0. The van der Waals surface area contributed by atoms with Crippen molar-refractivity contribution in [3.63, 3.8) is 0 Å². The first kappa shape index (κ1) is 6.98. The summed E-state index contributed by atoms with van der Waals surface area (Å²) in [5.74, 6) is 0. The molecule has 3 atom stereocenters. The van der Waals surface area contributed by atoms with Crippen LogP contribution in [-0.4, -0.2) is 21.3 Å². The summed E-state index contributed by atoms with van der Waals surface area (Å²) in [4.78, 5) is 4.96. The van der Waals surface area contributed by atoms with Crippen LogP contribution < -0.4 is 5.73 Å². The standard InChI is InChI=1S/C6H9BrN2S/c7-3-1-2-4-5(3)10-6(8)9-4/h3-5H,1-2H2,(H2,8,9). The Morgan fingerprint density at radius 1 is 1.60 bits per heavy atom. The lowest BCUT2D eigenvalue weighted by Crippen LogP contribution is -2.16. The van der Waals surface area contributed by atoms with Crippen LogP contribution in [0.5, 0.6) is 0 Å². The van der Waals surface area contributed by atoms with Crippen LogP contribution in [-0.2, 0) is 0 Å². The van der Waals surface area contributed by atoms with Crippen molar-refractivity contribution < 1.29 is 0 Å². The summed E-state index contributed by atoms with van der Waals surface area (Å²) >= 11 is 5.35. The maximum absolute atomic E-state index is 5.58. The molecule has 1 aliphatic heterocycles. The van der Waals surface area contributed by atoms with Gasteiger partial charge < -0.3 is 5.73 Å². The minimum atomic E-state index is 0.509. The molecule has 2 rings (SSSR count). The third kappa shape index (κ3) is 0.975. The van der Waals surface area contributed by atoms with E-state index >= 15 is 0 Å². The van der Waals surface area contributed by atoms with Gasteiger partial charge in [0.05, 0.1) is 6.04 Å². The van der Waals surface area contributed by atoms with E-state index in [9.17, 15) is 0 Å². The summed E-state index contributed by atoms with van der Waals surface area (Å²) in [5, 5.41) is 1.40. The average Bonchev–Trinajstić information content (AvgIpc) is 2.35. The van der Waals surface area contributed by atoms with Crippen LogP contribution in [0, 0.1) is 0 Å². The van der Waals surface area contributed by atoms with Crippen molar-refractivity contribution in [2.75, 3.05) is 0 Å². The van der Waals surface area contributed by atoms with E-state index in [2.05, 4.69) is 20.9 Å². The number of hydrogen-bond acceptors (Lipinski definition) is 3. The van der Waals surface area contributed by atoms with Crippen LogP contribution in [0.4, 0.5) is 0 Å². The topological polar surface area (TPSA) is 38.4 Å². The largest absolute Gasteiger partial charge is 0.379 e. The van der Waals surface area contributed by atoms with Crippen molar-refractivity contribution >= 4 is 32.9 Å². The molecule has 2 nitrogen and oxygen atoms in total. The molecule has 10 heavy (non-hydrogen) atoms. The van der Waals surface area contributed by atoms with Crippen LogP contribution in [0.2, 0.25) is 0 Å². The van der Waals surface area contributed by atoms with E-state index in [1.54, 1.807) is 11.8 Å². The molecule has 2 aliphatic rings. The fraction of sp³-hybridized carbons (Fsp3) is 0.833. The quantitative estimate of drug-likeness (QED) is 0.627. The van der Waals surface area contributed by atoms with Gasteiger partial charge in [-0.25, -0.2) is 0 Å². The first-order chi connectivity index (χ1) is 4.77. The van der Waals surface area contributed by atoms with E-state index in [0.29, 0.717) is 16.1 Å². The highest BCUT2D eigenvalue weighted by atomic mass is 79.9. The number of hydrogen-bond donors (Lipinski definition) is 1.